The van der Waals surface area contributed by atoms with Gasteiger partial charge in [-0.15, -0.1) is 0 Å². The summed E-state index contributed by atoms with van der Waals surface area (Å²) in [6.07, 6.45) is 3.85. The van der Waals surface area contributed by atoms with E-state index in [-0.39, 0.29) is 5.84 Å². The van der Waals surface area contributed by atoms with Crippen molar-refractivity contribution in [3.05, 3.63) is 29.6 Å². The van der Waals surface area contributed by atoms with Crippen molar-refractivity contribution in [2.75, 3.05) is 19.8 Å². The van der Waals surface area contributed by atoms with Crippen LogP contribution in [0.1, 0.15) is 31.0 Å². The molecular formula is C14H22N4O2. The van der Waals surface area contributed by atoms with Crippen molar-refractivity contribution in [3.8, 4) is 0 Å². The highest BCUT2D eigenvalue weighted by Crippen LogP contribution is 2.28. The van der Waals surface area contributed by atoms with E-state index in [4.69, 9.17) is 15.7 Å². The molecule has 1 aliphatic rings. The molecule has 0 unspecified atom stereocenters. The second-order valence-electron chi connectivity index (χ2n) is 5.56. The van der Waals surface area contributed by atoms with Crippen molar-refractivity contribution in [1.29, 1.82) is 0 Å². The van der Waals surface area contributed by atoms with E-state index in [1.165, 1.54) is 0 Å². The van der Waals surface area contributed by atoms with Gasteiger partial charge in [0.15, 0.2) is 5.84 Å². The Morgan fingerprint density at radius 1 is 1.55 bits per heavy atom. The van der Waals surface area contributed by atoms with Gasteiger partial charge in [-0.2, -0.15) is 0 Å². The van der Waals surface area contributed by atoms with E-state index in [1.807, 2.05) is 12.1 Å². The lowest BCUT2D eigenvalue weighted by Crippen LogP contribution is -2.36. The molecule has 110 valence electrons. The molecule has 0 bridgehead atoms. The highest BCUT2D eigenvalue weighted by atomic mass is 16.5. The summed E-state index contributed by atoms with van der Waals surface area (Å²) in [5.74, 6) is 0.0308. The first-order chi connectivity index (χ1) is 9.63. The SMILES string of the molecule is CC1(CNCc2ccnc(/C(N)=N/O)c2)CCOCC1. The maximum Gasteiger partial charge on any atom is 0.188 e. The zero-order chi connectivity index (χ0) is 14.4. The van der Waals surface area contributed by atoms with E-state index in [9.17, 15) is 0 Å². The minimum Gasteiger partial charge on any atom is -0.409 e. The molecule has 20 heavy (non-hydrogen) atoms. The van der Waals surface area contributed by atoms with Crippen LogP contribution >= 0.6 is 0 Å². The van der Waals surface area contributed by atoms with Crippen LogP contribution in [-0.2, 0) is 11.3 Å². The molecule has 0 radical (unpaired) electrons. The summed E-state index contributed by atoms with van der Waals surface area (Å²) >= 11 is 0. The highest BCUT2D eigenvalue weighted by molar-refractivity contribution is 5.95. The van der Waals surface area contributed by atoms with Crippen molar-refractivity contribution in [2.24, 2.45) is 16.3 Å². The van der Waals surface area contributed by atoms with Crippen molar-refractivity contribution in [1.82, 2.24) is 10.3 Å². The molecule has 1 saturated heterocycles. The molecule has 2 heterocycles. The minimum atomic E-state index is 0.0308. The second kappa shape index (κ2) is 6.67. The van der Waals surface area contributed by atoms with E-state index >= 15 is 0 Å². The minimum absolute atomic E-state index is 0.0308. The third-order valence-electron chi connectivity index (χ3n) is 3.78. The van der Waals surface area contributed by atoms with Crippen LogP contribution in [0.5, 0.6) is 0 Å². The van der Waals surface area contributed by atoms with E-state index in [1.54, 1.807) is 6.20 Å². The largest absolute Gasteiger partial charge is 0.409 e. The van der Waals surface area contributed by atoms with Gasteiger partial charge in [-0.1, -0.05) is 12.1 Å². The summed E-state index contributed by atoms with van der Waals surface area (Å²) in [7, 11) is 0. The van der Waals surface area contributed by atoms with E-state index < -0.39 is 0 Å². The predicted octanol–water partition coefficient (Wildman–Crippen LogP) is 1.08. The number of aromatic nitrogens is 1. The Hall–Kier alpha value is -1.66. The fraction of sp³-hybridized carbons (Fsp3) is 0.571. The number of oxime groups is 1. The molecule has 0 aliphatic carbocycles. The van der Waals surface area contributed by atoms with E-state index in [2.05, 4.69) is 22.4 Å². The van der Waals surface area contributed by atoms with Gasteiger partial charge >= 0.3 is 0 Å². The topological polar surface area (TPSA) is 92.8 Å². The lowest BCUT2D eigenvalue weighted by atomic mass is 9.82. The molecule has 2 rings (SSSR count). The smallest absolute Gasteiger partial charge is 0.188 e. The zero-order valence-electron chi connectivity index (χ0n) is 11.8. The van der Waals surface area contributed by atoms with Crippen LogP contribution in [0, 0.1) is 5.41 Å². The summed E-state index contributed by atoms with van der Waals surface area (Å²) in [6.45, 7) is 5.68. The Balaban J connectivity index is 1.88. The van der Waals surface area contributed by atoms with Crippen LogP contribution < -0.4 is 11.1 Å². The summed E-state index contributed by atoms with van der Waals surface area (Å²) in [5, 5.41) is 15.1. The zero-order valence-corrected chi connectivity index (χ0v) is 11.8. The first-order valence-electron chi connectivity index (χ1n) is 6.84. The van der Waals surface area contributed by atoms with E-state index in [0.29, 0.717) is 11.1 Å². The summed E-state index contributed by atoms with van der Waals surface area (Å²) in [4.78, 5) is 4.06. The summed E-state index contributed by atoms with van der Waals surface area (Å²) in [5.41, 5.74) is 7.40. The average Bonchev–Trinajstić information content (AvgIpc) is 2.47. The average molecular weight is 278 g/mol. The number of hydrogen-bond acceptors (Lipinski definition) is 5. The fourth-order valence-corrected chi connectivity index (χ4v) is 2.33. The molecule has 0 spiro atoms. The van der Waals surface area contributed by atoms with Crippen molar-refractivity contribution in [2.45, 2.75) is 26.3 Å². The number of amidine groups is 1. The third-order valence-corrected chi connectivity index (χ3v) is 3.78. The predicted molar refractivity (Wildman–Crippen MR) is 76.6 cm³/mol. The number of nitrogens with zero attached hydrogens (tertiary/aromatic N) is 2. The Morgan fingerprint density at radius 3 is 3.00 bits per heavy atom. The summed E-state index contributed by atoms with van der Waals surface area (Å²) < 4.78 is 5.40. The third kappa shape index (κ3) is 3.91. The quantitative estimate of drug-likeness (QED) is 0.324. The van der Waals surface area contributed by atoms with Gasteiger partial charge in [0.05, 0.1) is 0 Å². The number of nitrogens with one attached hydrogen (secondary N) is 1. The van der Waals surface area contributed by atoms with Crippen LogP contribution in [0.3, 0.4) is 0 Å². The maximum atomic E-state index is 8.65. The number of hydrogen-bond donors (Lipinski definition) is 3. The molecular weight excluding hydrogens is 256 g/mol. The van der Waals surface area contributed by atoms with Crippen LogP contribution in [0.15, 0.2) is 23.5 Å². The molecule has 6 heteroatoms. The van der Waals surface area contributed by atoms with Gasteiger partial charge in [0.25, 0.3) is 0 Å². The van der Waals surface area contributed by atoms with Crippen molar-refractivity contribution < 1.29 is 9.94 Å². The molecule has 1 aromatic heterocycles. The van der Waals surface area contributed by atoms with Crippen LogP contribution in [-0.4, -0.2) is 35.8 Å². The van der Waals surface area contributed by atoms with Gasteiger partial charge in [0.2, 0.25) is 0 Å². The van der Waals surface area contributed by atoms with Crippen LogP contribution in [0.2, 0.25) is 0 Å². The standard InChI is InChI=1S/C14H22N4O2/c1-14(3-6-20-7-4-14)10-16-9-11-2-5-17-12(8-11)13(15)18-19/h2,5,8,16,19H,3-4,6-7,9-10H2,1H3,(H2,15,18). The molecule has 0 saturated carbocycles. The molecule has 1 fully saturated rings. The van der Waals surface area contributed by atoms with Gasteiger partial charge in [0.1, 0.15) is 5.69 Å². The normalized spacial score (nSPS) is 18.9. The molecule has 0 aromatic carbocycles. The first-order valence-corrected chi connectivity index (χ1v) is 6.84. The lowest BCUT2D eigenvalue weighted by Gasteiger charge is -2.33. The number of nitrogens with two attached hydrogens (primary N) is 1. The number of ether oxygens (including phenoxy) is 1. The van der Waals surface area contributed by atoms with Crippen molar-refractivity contribution in [3.63, 3.8) is 0 Å². The van der Waals surface area contributed by atoms with Gasteiger partial charge in [0, 0.05) is 32.5 Å². The number of pyridine rings is 1. The molecule has 6 nitrogen and oxygen atoms in total. The Bertz CT molecular complexity index is 470. The summed E-state index contributed by atoms with van der Waals surface area (Å²) in [6, 6.07) is 3.75. The molecule has 0 amide bonds. The highest BCUT2D eigenvalue weighted by Gasteiger charge is 2.26. The maximum absolute atomic E-state index is 8.65. The molecule has 0 atom stereocenters. The van der Waals surface area contributed by atoms with Crippen LogP contribution in [0.25, 0.3) is 0 Å². The van der Waals surface area contributed by atoms with Gasteiger partial charge in [-0.25, -0.2) is 0 Å². The second-order valence-corrected chi connectivity index (χ2v) is 5.56. The number of rotatable bonds is 5. The van der Waals surface area contributed by atoms with Crippen molar-refractivity contribution >= 4 is 5.84 Å². The molecule has 1 aromatic rings. The lowest BCUT2D eigenvalue weighted by molar-refractivity contribution is 0.0240. The molecule has 1 aliphatic heterocycles. The Labute approximate surface area is 119 Å². The van der Waals surface area contributed by atoms with Gasteiger partial charge < -0.3 is 21.0 Å². The van der Waals surface area contributed by atoms with E-state index in [0.717, 1.165) is 44.7 Å². The van der Waals surface area contributed by atoms with Crippen LogP contribution in [0.4, 0.5) is 0 Å². The Kier molecular flexibility index (Phi) is 4.92. The fourth-order valence-electron chi connectivity index (χ4n) is 2.33. The van der Waals surface area contributed by atoms with Gasteiger partial charge in [-0.05, 0) is 36.0 Å². The molecule has 4 N–H and O–H groups in total. The van der Waals surface area contributed by atoms with Gasteiger partial charge in [-0.3, -0.25) is 4.98 Å². The monoisotopic (exact) mass is 278 g/mol. The first kappa shape index (κ1) is 14.7. The Morgan fingerprint density at radius 2 is 2.30 bits per heavy atom.